The molecule has 0 bridgehead atoms. The number of rotatable bonds is 5. The first-order chi connectivity index (χ1) is 13.6. The fraction of sp³-hybridized carbons (Fsp3) is 0.368. The molecule has 2 aromatic rings. The lowest BCUT2D eigenvalue weighted by molar-refractivity contribution is 0.0565. The second-order valence-corrected chi connectivity index (χ2v) is 6.14. The van der Waals surface area contributed by atoms with Crippen molar-refractivity contribution in [1.82, 2.24) is 20.0 Å². The van der Waals surface area contributed by atoms with Crippen LogP contribution in [-0.4, -0.2) is 71.9 Å². The molecular formula is C19H23N5O4. The maximum atomic E-state index is 12.6. The third-order valence-corrected chi connectivity index (χ3v) is 4.32. The van der Waals surface area contributed by atoms with Gasteiger partial charge in [0.2, 0.25) is 0 Å². The minimum atomic E-state index is -0.345. The molecule has 9 heteroatoms. The maximum Gasteiger partial charge on any atom is 0.409 e. The molecular weight excluding hydrogens is 362 g/mol. The maximum absolute atomic E-state index is 12.6. The Labute approximate surface area is 163 Å². The highest BCUT2D eigenvalue weighted by molar-refractivity contribution is 5.92. The average molecular weight is 385 g/mol. The van der Waals surface area contributed by atoms with E-state index in [2.05, 4.69) is 15.5 Å². The molecule has 0 saturated carbocycles. The molecule has 148 valence electrons. The number of aromatic nitrogens is 2. The highest BCUT2D eigenvalue weighted by Gasteiger charge is 2.26. The summed E-state index contributed by atoms with van der Waals surface area (Å²) in [7, 11) is 1.60. The Balaban J connectivity index is 1.57. The number of benzene rings is 1. The first-order valence-electron chi connectivity index (χ1n) is 9.06. The minimum Gasteiger partial charge on any atom is -0.497 e. The number of amides is 2. The van der Waals surface area contributed by atoms with E-state index in [-0.39, 0.29) is 17.7 Å². The Kier molecular flexibility index (Phi) is 6.25. The van der Waals surface area contributed by atoms with E-state index in [1.165, 1.54) is 0 Å². The van der Waals surface area contributed by atoms with Crippen molar-refractivity contribution < 1.29 is 19.1 Å². The number of nitrogens with zero attached hydrogens (tertiary/aromatic N) is 4. The van der Waals surface area contributed by atoms with Crippen LogP contribution in [0.15, 0.2) is 36.4 Å². The molecule has 0 unspecified atom stereocenters. The van der Waals surface area contributed by atoms with Crippen LogP contribution in [0.1, 0.15) is 17.4 Å². The van der Waals surface area contributed by atoms with E-state index in [0.717, 1.165) is 11.4 Å². The molecule has 9 nitrogen and oxygen atoms in total. The highest BCUT2D eigenvalue weighted by atomic mass is 16.6. The summed E-state index contributed by atoms with van der Waals surface area (Å²) in [5.74, 6) is 1.05. The summed E-state index contributed by atoms with van der Waals surface area (Å²) in [6.45, 7) is 3.85. The summed E-state index contributed by atoms with van der Waals surface area (Å²) in [5.41, 5.74) is 1.07. The van der Waals surface area contributed by atoms with Gasteiger partial charge in [0.25, 0.3) is 5.91 Å². The van der Waals surface area contributed by atoms with Gasteiger partial charge in [-0.15, -0.1) is 10.2 Å². The van der Waals surface area contributed by atoms with E-state index in [1.54, 1.807) is 36.0 Å². The predicted molar refractivity (Wildman–Crippen MR) is 103 cm³/mol. The molecule has 1 aromatic heterocycles. The molecule has 1 saturated heterocycles. The zero-order valence-corrected chi connectivity index (χ0v) is 15.9. The van der Waals surface area contributed by atoms with Gasteiger partial charge < -0.3 is 24.6 Å². The zero-order valence-electron chi connectivity index (χ0n) is 15.9. The lowest BCUT2D eigenvalue weighted by Crippen LogP contribution is -2.50. The number of methoxy groups -OCH3 is 1. The molecule has 28 heavy (non-hydrogen) atoms. The number of nitrogens with one attached hydrogen (secondary N) is 1. The van der Waals surface area contributed by atoms with E-state index in [1.807, 2.05) is 24.3 Å². The van der Waals surface area contributed by atoms with Crippen LogP contribution in [0.4, 0.5) is 16.3 Å². The predicted octanol–water partition coefficient (Wildman–Crippen LogP) is 2.14. The van der Waals surface area contributed by atoms with Crippen molar-refractivity contribution in [2.75, 3.05) is 45.2 Å². The van der Waals surface area contributed by atoms with Crippen LogP contribution < -0.4 is 10.1 Å². The minimum absolute atomic E-state index is 0.205. The Hall–Kier alpha value is -3.36. The zero-order chi connectivity index (χ0) is 19.9. The Morgan fingerprint density at radius 2 is 1.82 bits per heavy atom. The third-order valence-electron chi connectivity index (χ3n) is 4.32. The molecule has 1 fully saturated rings. The smallest absolute Gasteiger partial charge is 0.409 e. The molecule has 0 atom stereocenters. The van der Waals surface area contributed by atoms with Crippen molar-refractivity contribution in [3.63, 3.8) is 0 Å². The quantitative estimate of drug-likeness (QED) is 0.842. The van der Waals surface area contributed by atoms with Crippen LogP contribution in [0.25, 0.3) is 0 Å². The number of piperazine rings is 1. The van der Waals surface area contributed by atoms with Gasteiger partial charge in [-0.1, -0.05) is 6.07 Å². The van der Waals surface area contributed by atoms with Gasteiger partial charge in [-0.2, -0.15) is 0 Å². The van der Waals surface area contributed by atoms with Crippen molar-refractivity contribution in [2.45, 2.75) is 6.92 Å². The molecule has 1 aliphatic heterocycles. The second kappa shape index (κ2) is 9.03. The average Bonchev–Trinajstić information content (AvgIpc) is 2.74. The van der Waals surface area contributed by atoms with E-state index in [0.29, 0.717) is 38.6 Å². The van der Waals surface area contributed by atoms with Gasteiger partial charge in [-0.3, -0.25) is 4.79 Å². The van der Waals surface area contributed by atoms with Gasteiger partial charge in [0.1, 0.15) is 5.75 Å². The molecule has 3 rings (SSSR count). The Morgan fingerprint density at radius 1 is 1.07 bits per heavy atom. The lowest BCUT2D eigenvalue weighted by atomic mass is 10.2. The molecule has 0 spiro atoms. The summed E-state index contributed by atoms with van der Waals surface area (Å²) in [6.07, 6.45) is -0.345. The van der Waals surface area contributed by atoms with E-state index in [4.69, 9.17) is 9.47 Å². The topological polar surface area (TPSA) is 96.9 Å². The molecule has 1 aromatic carbocycles. The van der Waals surface area contributed by atoms with Crippen LogP contribution in [0.2, 0.25) is 0 Å². The van der Waals surface area contributed by atoms with Crippen molar-refractivity contribution in [1.29, 1.82) is 0 Å². The Bertz CT molecular complexity index is 819. The van der Waals surface area contributed by atoms with Gasteiger partial charge in [-0.25, -0.2) is 4.79 Å². The molecule has 1 N–H and O–H groups in total. The first-order valence-corrected chi connectivity index (χ1v) is 9.06. The van der Waals surface area contributed by atoms with Crippen molar-refractivity contribution in [2.24, 2.45) is 0 Å². The lowest BCUT2D eigenvalue weighted by Gasteiger charge is -2.33. The van der Waals surface area contributed by atoms with Crippen LogP contribution in [0, 0.1) is 0 Å². The summed E-state index contributed by atoms with van der Waals surface area (Å²) < 4.78 is 10.2. The number of carbonyl (C=O) groups excluding carboxylic acids is 2. The number of carbonyl (C=O) groups is 2. The summed E-state index contributed by atoms with van der Waals surface area (Å²) >= 11 is 0. The van der Waals surface area contributed by atoms with Gasteiger partial charge in [0.15, 0.2) is 11.5 Å². The van der Waals surface area contributed by atoms with E-state index in [9.17, 15) is 9.59 Å². The number of hydrogen-bond donors (Lipinski definition) is 1. The van der Waals surface area contributed by atoms with Crippen molar-refractivity contribution in [3.05, 3.63) is 42.1 Å². The number of hydrogen-bond acceptors (Lipinski definition) is 7. The standard InChI is InChI=1S/C19H23N5O4/c1-3-28-19(26)24-11-9-23(10-12-24)18(25)16-7-8-17(22-21-16)20-14-5-4-6-15(13-14)27-2/h4-8,13H,3,9-12H2,1-2H3,(H,20,22). The largest absolute Gasteiger partial charge is 0.497 e. The van der Waals surface area contributed by atoms with Crippen molar-refractivity contribution in [3.8, 4) is 5.75 Å². The normalized spacial score (nSPS) is 13.8. The molecule has 0 radical (unpaired) electrons. The fourth-order valence-electron chi connectivity index (χ4n) is 2.83. The van der Waals surface area contributed by atoms with Crippen LogP contribution in [0.5, 0.6) is 5.75 Å². The van der Waals surface area contributed by atoms with Crippen LogP contribution in [-0.2, 0) is 4.74 Å². The SMILES string of the molecule is CCOC(=O)N1CCN(C(=O)c2ccc(Nc3cccc(OC)c3)nn2)CC1. The second-order valence-electron chi connectivity index (χ2n) is 6.14. The number of ether oxygens (including phenoxy) is 2. The molecule has 0 aliphatic carbocycles. The monoisotopic (exact) mass is 385 g/mol. The van der Waals surface area contributed by atoms with Gasteiger partial charge in [-0.05, 0) is 31.2 Å². The summed E-state index contributed by atoms with van der Waals surface area (Å²) in [4.78, 5) is 27.6. The van der Waals surface area contributed by atoms with E-state index >= 15 is 0 Å². The van der Waals surface area contributed by atoms with Gasteiger partial charge in [0.05, 0.1) is 13.7 Å². The van der Waals surface area contributed by atoms with Crippen molar-refractivity contribution >= 4 is 23.5 Å². The highest BCUT2D eigenvalue weighted by Crippen LogP contribution is 2.20. The Morgan fingerprint density at radius 3 is 2.46 bits per heavy atom. The molecule has 1 aliphatic rings. The van der Waals surface area contributed by atoms with E-state index < -0.39 is 0 Å². The van der Waals surface area contributed by atoms with Crippen LogP contribution >= 0.6 is 0 Å². The summed E-state index contributed by atoms with van der Waals surface area (Å²) in [6, 6.07) is 10.8. The fourth-order valence-corrected chi connectivity index (χ4v) is 2.83. The van der Waals surface area contributed by atoms with Gasteiger partial charge in [0, 0.05) is 37.9 Å². The summed E-state index contributed by atoms with van der Waals surface area (Å²) in [5, 5.41) is 11.2. The molecule has 2 amide bonds. The first kappa shape index (κ1) is 19.4. The number of anilines is 2. The third kappa shape index (κ3) is 4.67. The molecule has 2 heterocycles. The van der Waals surface area contributed by atoms with Gasteiger partial charge >= 0.3 is 6.09 Å². The van der Waals surface area contributed by atoms with Crippen LogP contribution in [0.3, 0.4) is 0 Å².